The number of nitrogens with zero attached hydrogens (tertiary/aromatic N) is 3. The lowest BCUT2D eigenvalue weighted by Crippen LogP contribution is -2.20. The number of hydrogen-bond donors (Lipinski definition) is 1. The maximum absolute atomic E-state index is 10.4. The topological polar surface area (TPSA) is 60.2 Å². The molecule has 1 aromatic heterocycles. The smallest absolute Gasteiger partial charge is 0.191 e. The normalized spacial score (nSPS) is 12.2. The van der Waals surface area contributed by atoms with E-state index in [1.165, 1.54) is 17.1 Å². The first kappa shape index (κ1) is 19.5. The molecule has 1 unspecified atom stereocenters. The van der Waals surface area contributed by atoms with Gasteiger partial charge in [0.25, 0.3) is 0 Å². The number of aliphatic hydroxyl groups excluding tert-OH is 1. The number of benzene rings is 3. The van der Waals surface area contributed by atoms with Crippen molar-refractivity contribution in [2.45, 2.75) is 24.7 Å². The molecule has 0 aliphatic carbocycles. The quantitative estimate of drug-likeness (QED) is 0.432. The molecule has 29 heavy (non-hydrogen) atoms. The Morgan fingerprint density at radius 2 is 1.72 bits per heavy atom. The van der Waals surface area contributed by atoms with E-state index in [1.807, 2.05) is 60.7 Å². The van der Waals surface area contributed by atoms with Crippen molar-refractivity contribution in [2.75, 3.05) is 12.4 Å². The minimum atomic E-state index is -0.603. The van der Waals surface area contributed by atoms with Crippen molar-refractivity contribution in [3.63, 3.8) is 0 Å². The molecule has 3 aromatic carbocycles. The van der Waals surface area contributed by atoms with E-state index in [1.54, 1.807) is 0 Å². The summed E-state index contributed by atoms with van der Waals surface area (Å²) in [5, 5.41) is 22.1. The molecular formula is C23H23N3O2S. The minimum Gasteiger partial charge on any atom is -0.491 e. The maximum atomic E-state index is 10.4. The van der Waals surface area contributed by atoms with Gasteiger partial charge in [-0.15, -0.1) is 10.2 Å². The predicted octanol–water partition coefficient (Wildman–Crippen LogP) is 4.65. The first-order valence-corrected chi connectivity index (χ1v) is 10.6. The van der Waals surface area contributed by atoms with Gasteiger partial charge in [0.05, 0.1) is 6.10 Å². The zero-order valence-electron chi connectivity index (χ0n) is 16.2. The summed E-state index contributed by atoms with van der Waals surface area (Å²) in [5.41, 5.74) is 1.04. The highest BCUT2D eigenvalue weighted by Gasteiger charge is 2.15. The Bertz CT molecular complexity index is 1080. The van der Waals surface area contributed by atoms with Crippen molar-refractivity contribution < 1.29 is 9.84 Å². The number of aromatic nitrogens is 3. The van der Waals surface area contributed by atoms with Crippen LogP contribution < -0.4 is 4.74 Å². The fraction of sp³-hybridized carbons (Fsp3) is 0.217. The van der Waals surface area contributed by atoms with Crippen molar-refractivity contribution in [1.82, 2.24) is 14.8 Å². The molecule has 1 N–H and O–H groups in total. The molecule has 4 aromatic rings. The van der Waals surface area contributed by atoms with Crippen molar-refractivity contribution in [1.29, 1.82) is 0 Å². The average molecular weight is 406 g/mol. The Morgan fingerprint density at radius 1 is 0.966 bits per heavy atom. The fourth-order valence-electron chi connectivity index (χ4n) is 3.15. The van der Waals surface area contributed by atoms with Crippen molar-refractivity contribution in [2.24, 2.45) is 0 Å². The van der Waals surface area contributed by atoms with E-state index in [0.29, 0.717) is 5.75 Å². The molecular weight excluding hydrogens is 382 g/mol. The van der Waals surface area contributed by atoms with Crippen molar-refractivity contribution in [3.05, 3.63) is 72.8 Å². The fourth-order valence-corrected chi connectivity index (χ4v) is 4.06. The summed E-state index contributed by atoms with van der Waals surface area (Å²) in [5.74, 6) is 2.09. The third kappa shape index (κ3) is 4.60. The summed E-state index contributed by atoms with van der Waals surface area (Å²) in [7, 11) is 0. The van der Waals surface area contributed by atoms with Gasteiger partial charge in [-0.05, 0) is 29.8 Å². The second-order valence-corrected chi connectivity index (χ2v) is 7.69. The Kier molecular flexibility index (Phi) is 6.12. The second-order valence-electron chi connectivity index (χ2n) is 6.70. The third-order valence-electron chi connectivity index (χ3n) is 4.63. The van der Waals surface area contributed by atoms with Gasteiger partial charge in [-0.3, -0.25) is 0 Å². The molecule has 5 nitrogen and oxygen atoms in total. The predicted molar refractivity (Wildman–Crippen MR) is 117 cm³/mol. The van der Waals surface area contributed by atoms with Gasteiger partial charge in [0.1, 0.15) is 12.4 Å². The van der Waals surface area contributed by atoms with Crippen LogP contribution in [0.1, 0.15) is 6.92 Å². The number of thioether (sulfide) groups is 1. The average Bonchev–Trinajstić information content (AvgIpc) is 3.19. The van der Waals surface area contributed by atoms with Crippen LogP contribution in [0.5, 0.6) is 5.75 Å². The molecule has 148 valence electrons. The lowest BCUT2D eigenvalue weighted by Gasteiger charge is -2.13. The van der Waals surface area contributed by atoms with Crippen LogP contribution in [-0.2, 0) is 6.54 Å². The molecule has 0 bridgehead atoms. The molecule has 0 aliphatic rings. The van der Waals surface area contributed by atoms with E-state index < -0.39 is 6.10 Å². The van der Waals surface area contributed by atoms with Crippen LogP contribution in [0.3, 0.4) is 0 Å². The lowest BCUT2D eigenvalue weighted by molar-refractivity contribution is 0.126. The van der Waals surface area contributed by atoms with Crippen LogP contribution in [0, 0.1) is 0 Å². The summed E-state index contributed by atoms with van der Waals surface area (Å²) in [4.78, 5) is 0. The highest BCUT2D eigenvalue weighted by atomic mass is 32.2. The number of fused-ring (bicyclic) bond motifs is 1. The van der Waals surface area contributed by atoms with Crippen LogP contribution in [0.15, 0.2) is 78.0 Å². The maximum Gasteiger partial charge on any atom is 0.191 e. The molecule has 0 amide bonds. The Morgan fingerprint density at radius 3 is 2.52 bits per heavy atom. The molecule has 4 rings (SSSR count). The van der Waals surface area contributed by atoms with Crippen LogP contribution in [0.25, 0.3) is 22.2 Å². The summed E-state index contributed by atoms with van der Waals surface area (Å²) >= 11 is 1.49. The number of hydrogen-bond acceptors (Lipinski definition) is 5. The molecule has 0 fully saturated rings. The molecule has 6 heteroatoms. The van der Waals surface area contributed by atoms with Gasteiger partial charge in [-0.25, -0.2) is 0 Å². The number of aliphatic hydroxyl groups is 1. The van der Waals surface area contributed by atoms with E-state index in [-0.39, 0.29) is 6.61 Å². The van der Waals surface area contributed by atoms with Gasteiger partial charge in [0, 0.05) is 17.9 Å². The zero-order valence-corrected chi connectivity index (χ0v) is 17.0. The first-order chi connectivity index (χ1) is 14.2. The van der Waals surface area contributed by atoms with E-state index in [0.717, 1.165) is 34.2 Å². The SMILES string of the molecule is CCn1c(SCC(O)COc2ccc3ccccc3c2)nnc1-c1ccccc1. The molecule has 0 radical (unpaired) electrons. The molecule has 1 atom stereocenters. The summed E-state index contributed by atoms with van der Waals surface area (Å²) in [6, 6.07) is 24.1. The van der Waals surface area contributed by atoms with E-state index >= 15 is 0 Å². The highest BCUT2D eigenvalue weighted by Crippen LogP contribution is 2.25. The minimum absolute atomic E-state index is 0.233. The lowest BCUT2D eigenvalue weighted by atomic mass is 10.1. The Labute approximate surface area is 174 Å². The molecule has 0 spiro atoms. The van der Waals surface area contributed by atoms with E-state index in [2.05, 4.69) is 33.8 Å². The van der Waals surface area contributed by atoms with Crippen molar-refractivity contribution in [3.8, 4) is 17.1 Å². The van der Waals surface area contributed by atoms with Crippen LogP contribution >= 0.6 is 11.8 Å². The number of ether oxygens (including phenoxy) is 1. The van der Waals surface area contributed by atoms with E-state index in [9.17, 15) is 5.11 Å². The van der Waals surface area contributed by atoms with Crippen LogP contribution in [0.2, 0.25) is 0 Å². The molecule has 1 heterocycles. The summed E-state index contributed by atoms with van der Waals surface area (Å²) < 4.78 is 7.86. The third-order valence-corrected chi connectivity index (χ3v) is 5.74. The Hall–Kier alpha value is -2.83. The van der Waals surface area contributed by atoms with Gasteiger partial charge in [0.2, 0.25) is 0 Å². The molecule has 0 saturated carbocycles. The first-order valence-electron chi connectivity index (χ1n) is 9.65. The van der Waals surface area contributed by atoms with E-state index in [4.69, 9.17) is 4.74 Å². The summed E-state index contributed by atoms with van der Waals surface area (Å²) in [6.07, 6.45) is -0.603. The van der Waals surface area contributed by atoms with Crippen LogP contribution in [-0.4, -0.2) is 38.3 Å². The highest BCUT2D eigenvalue weighted by molar-refractivity contribution is 7.99. The van der Waals surface area contributed by atoms with Gasteiger partial charge in [0.15, 0.2) is 11.0 Å². The zero-order chi connectivity index (χ0) is 20.1. The second kappa shape index (κ2) is 9.11. The van der Waals surface area contributed by atoms with Crippen LogP contribution in [0.4, 0.5) is 0 Å². The van der Waals surface area contributed by atoms with Gasteiger partial charge in [-0.2, -0.15) is 0 Å². The van der Waals surface area contributed by atoms with Gasteiger partial charge >= 0.3 is 0 Å². The molecule has 0 saturated heterocycles. The number of rotatable bonds is 8. The van der Waals surface area contributed by atoms with Gasteiger partial charge < -0.3 is 14.4 Å². The molecule has 0 aliphatic heterocycles. The monoisotopic (exact) mass is 405 g/mol. The summed E-state index contributed by atoms with van der Waals surface area (Å²) in [6.45, 7) is 3.07. The standard InChI is InChI=1S/C23H23N3O2S/c1-2-26-22(18-9-4-3-5-10-18)24-25-23(26)29-16-20(27)15-28-21-13-12-17-8-6-7-11-19(17)14-21/h3-14,20,27H,2,15-16H2,1H3. The largest absolute Gasteiger partial charge is 0.491 e. The van der Waals surface area contributed by atoms with Gasteiger partial charge in [-0.1, -0.05) is 72.4 Å². The van der Waals surface area contributed by atoms with Crippen molar-refractivity contribution >= 4 is 22.5 Å². The Balaban J connectivity index is 1.35.